The van der Waals surface area contributed by atoms with Crippen LogP contribution in [-0.2, 0) is 0 Å². The topological polar surface area (TPSA) is 12.0 Å². The first-order valence-electron chi connectivity index (χ1n) is 5.26. The summed E-state index contributed by atoms with van der Waals surface area (Å²) in [7, 11) is 0. The molecule has 0 saturated carbocycles. The summed E-state index contributed by atoms with van der Waals surface area (Å²) in [6.45, 7) is 8.19. The van der Waals surface area contributed by atoms with Crippen molar-refractivity contribution in [2.45, 2.75) is 26.3 Å². The minimum Gasteiger partial charge on any atom is -0.382 e. The number of hydrogen-bond donors (Lipinski definition) is 1. The molecule has 1 N–H and O–H groups in total. The molecule has 0 bridgehead atoms. The summed E-state index contributed by atoms with van der Waals surface area (Å²) in [4.78, 5) is 0. The fourth-order valence-electron chi connectivity index (χ4n) is 1.44. The summed E-state index contributed by atoms with van der Waals surface area (Å²) in [6.07, 6.45) is 2.92. The Bertz CT molecular complexity index is 303. The van der Waals surface area contributed by atoms with Gasteiger partial charge in [-0.3, -0.25) is 0 Å². The van der Waals surface area contributed by atoms with Crippen LogP contribution in [0.25, 0.3) is 0 Å². The SMILES string of the molecule is C=CCC(Nc1ccc(Cl)cc1)C(C)C. The fourth-order valence-corrected chi connectivity index (χ4v) is 1.56. The van der Waals surface area contributed by atoms with Gasteiger partial charge >= 0.3 is 0 Å². The maximum Gasteiger partial charge on any atom is 0.0407 e. The number of benzene rings is 1. The molecule has 2 heteroatoms. The van der Waals surface area contributed by atoms with Gasteiger partial charge in [0.15, 0.2) is 0 Å². The minimum absolute atomic E-state index is 0.434. The molecular formula is C13H18ClN. The van der Waals surface area contributed by atoms with Gasteiger partial charge in [0.1, 0.15) is 0 Å². The molecule has 1 aromatic carbocycles. The van der Waals surface area contributed by atoms with Crippen molar-refractivity contribution in [2.75, 3.05) is 5.32 Å². The van der Waals surface area contributed by atoms with Gasteiger partial charge in [0.2, 0.25) is 0 Å². The number of anilines is 1. The fraction of sp³-hybridized carbons (Fsp3) is 0.385. The Morgan fingerprint density at radius 1 is 1.33 bits per heavy atom. The lowest BCUT2D eigenvalue weighted by atomic mass is 10.0. The Balaban J connectivity index is 2.65. The van der Waals surface area contributed by atoms with Crippen LogP contribution in [0.3, 0.4) is 0 Å². The quantitative estimate of drug-likeness (QED) is 0.732. The summed E-state index contributed by atoms with van der Waals surface area (Å²) in [6, 6.07) is 8.23. The molecule has 0 saturated heterocycles. The molecule has 0 aliphatic rings. The molecular weight excluding hydrogens is 206 g/mol. The van der Waals surface area contributed by atoms with Crippen LogP contribution in [0.5, 0.6) is 0 Å². The van der Waals surface area contributed by atoms with E-state index in [9.17, 15) is 0 Å². The van der Waals surface area contributed by atoms with Crippen LogP contribution in [0, 0.1) is 5.92 Å². The molecule has 0 aliphatic carbocycles. The van der Waals surface area contributed by atoms with Crippen molar-refractivity contribution in [3.8, 4) is 0 Å². The predicted molar refractivity (Wildman–Crippen MR) is 68.5 cm³/mol. The number of halogens is 1. The van der Waals surface area contributed by atoms with Gasteiger partial charge in [-0.25, -0.2) is 0 Å². The lowest BCUT2D eigenvalue weighted by Gasteiger charge is -2.22. The van der Waals surface area contributed by atoms with Crippen LogP contribution in [0.15, 0.2) is 36.9 Å². The van der Waals surface area contributed by atoms with Gasteiger partial charge in [0, 0.05) is 16.8 Å². The van der Waals surface area contributed by atoms with E-state index < -0.39 is 0 Å². The lowest BCUT2D eigenvalue weighted by molar-refractivity contribution is 0.528. The molecule has 0 spiro atoms. The Kier molecular flexibility index (Phi) is 4.70. The molecule has 0 fully saturated rings. The second-order valence-electron chi connectivity index (χ2n) is 4.03. The summed E-state index contributed by atoms with van der Waals surface area (Å²) >= 11 is 5.83. The Morgan fingerprint density at radius 3 is 2.40 bits per heavy atom. The van der Waals surface area contributed by atoms with Crippen LogP contribution >= 0.6 is 11.6 Å². The van der Waals surface area contributed by atoms with Gasteiger partial charge in [0.05, 0.1) is 0 Å². The van der Waals surface area contributed by atoms with Crippen LogP contribution in [0.1, 0.15) is 20.3 Å². The second kappa shape index (κ2) is 5.82. The summed E-state index contributed by atoms with van der Waals surface area (Å²) in [5.74, 6) is 0.582. The zero-order valence-corrected chi connectivity index (χ0v) is 10.1. The Morgan fingerprint density at radius 2 is 1.93 bits per heavy atom. The van der Waals surface area contributed by atoms with E-state index in [1.54, 1.807) is 0 Å². The van der Waals surface area contributed by atoms with Gasteiger partial charge in [-0.05, 0) is 36.6 Å². The molecule has 82 valence electrons. The first kappa shape index (κ1) is 12.1. The standard InChI is InChI=1S/C13H18ClN/c1-4-5-13(10(2)3)15-12-8-6-11(14)7-9-12/h4,6-10,13,15H,1,5H2,2-3H3. The van der Waals surface area contributed by atoms with E-state index in [4.69, 9.17) is 11.6 Å². The maximum absolute atomic E-state index is 5.83. The highest BCUT2D eigenvalue weighted by Gasteiger charge is 2.10. The van der Waals surface area contributed by atoms with E-state index >= 15 is 0 Å². The molecule has 0 aliphatic heterocycles. The van der Waals surface area contributed by atoms with E-state index in [0.717, 1.165) is 17.1 Å². The van der Waals surface area contributed by atoms with Crippen molar-refractivity contribution >= 4 is 17.3 Å². The van der Waals surface area contributed by atoms with Crippen molar-refractivity contribution in [2.24, 2.45) is 5.92 Å². The lowest BCUT2D eigenvalue weighted by Crippen LogP contribution is -2.24. The summed E-state index contributed by atoms with van der Waals surface area (Å²) < 4.78 is 0. The first-order chi connectivity index (χ1) is 7.13. The molecule has 0 radical (unpaired) electrons. The van der Waals surface area contributed by atoms with Crippen molar-refractivity contribution in [1.29, 1.82) is 0 Å². The van der Waals surface area contributed by atoms with Crippen LogP contribution in [0.4, 0.5) is 5.69 Å². The van der Waals surface area contributed by atoms with Crippen molar-refractivity contribution in [1.82, 2.24) is 0 Å². The first-order valence-corrected chi connectivity index (χ1v) is 5.64. The highest BCUT2D eigenvalue weighted by molar-refractivity contribution is 6.30. The summed E-state index contributed by atoms with van der Waals surface area (Å²) in [5, 5.41) is 4.25. The highest BCUT2D eigenvalue weighted by Crippen LogP contribution is 2.18. The normalized spacial score (nSPS) is 12.5. The van der Waals surface area contributed by atoms with Gasteiger partial charge in [0.25, 0.3) is 0 Å². The van der Waals surface area contributed by atoms with Gasteiger partial charge in [-0.1, -0.05) is 31.5 Å². The average Bonchev–Trinajstić information content (AvgIpc) is 2.20. The number of hydrogen-bond acceptors (Lipinski definition) is 1. The monoisotopic (exact) mass is 223 g/mol. The van der Waals surface area contributed by atoms with E-state index in [2.05, 4.69) is 25.7 Å². The van der Waals surface area contributed by atoms with Crippen LogP contribution in [0.2, 0.25) is 5.02 Å². The van der Waals surface area contributed by atoms with Crippen LogP contribution in [-0.4, -0.2) is 6.04 Å². The maximum atomic E-state index is 5.83. The number of nitrogens with one attached hydrogen (secondary N) is 1. The van der Waals surface area contributed by atoms with Crippen molar-refractivity contribution < 1.29 is 0 Å². The van der Waals surface area contributed by atoms with Crippen molar-refractivity contribution in [3.63, 3.8) is 0 Å². The molecule has 1 unspecified atom stereocenters. The zero-order chi connectivity index (χ0) is 11.3. The van der Waals surface area contributed by atoms with Crippen LogP contribution < -0.4 is 5.32 Å². The van der Waals surface area contributed by atoms with Crippen molar-refractivity contribution in [3.05, 3.63) is 41.9 Å². The zero-order valence-electron chi connectivity index (χ0n) is 9.33. The molecule has 15 heavy (non-hydrogen) atoms. The Labute approximate surface area is 97.1 Å². The molecule has 1 nitrogen and oxygen atoms in total. The van der Waals surface area contributed by atoms with E-state index in [-0.39, 0.29) is 0 Å². The average molecular weight is 224 g/mol. The molecule has 1 aromatic rings. The summed E-state index contributed by atoms with van der Waals surface area (Å²) in [5.41, 5.74) is 1.11. The molecule has 0 amide bonds. The molecule has 1 rings (SSSR count). The predicted octanol–water partition coefficient (Wildman–Crippen LogP) is 4.35. The minimum atomic E-state index is 0.434. The third-order valence-electron chi connectivity index (χ3n) is 2.42. The molecule has 1 atom stereocenters. The van der Waals surface area contributed by atoms with Gasteiger partial charge < -0.3 is 5.32 Å². The van der Waals surface area contributed by atoms with Gasteiger partial charge in [-0.15, -0.1) is 6.58 Å². The molecule has 0 aromatic heterocycles. The second-order valence-corrected chi connectivity index (χ2v) is 4.46. The third kappa shape index (κ3) is 3.96. The van der Waals surface area contributed by atoms with E-state index in [0.29, 0.717) is 12.0 Å². The smallest absolute Gasteiger partial charge is 0.0407 e. The third-order valence-corrected chi connectivity index (χ3v) is 2.67. The molecule has 0 heterocycles. The number of rotatable bonds is 5. The highest BCUT2D eigenvalue weighted by atomic mass is 35.5. The largest absolute Gasteiger partial charge is 0.382 e. The van der Waals surface area contributed by atoms with E-state index in [1.807, 2.05) is 30.3 Å². The van der Waals surface area contributed by atoms with E-state index in [1.165, 1.54) is 0 Å². The Hall–Kier alpha value is -0.950. The van der Waals surface area contributed by atoms with Gasteiger partial charge in [-0.2, -0.15) is 0 Å².